The standard InChI is InChI=1S/C16H22N2O2/c1-16(2)8-12(7-13(19)9-16)18-15-5-4-11(10-20-3)6-14(15)17/h4-7,18H,8-10,17H2,1-3H3. The molecule has 1 aromatic rings. The van der Waals surface area contributed by atoms with Crippen LogP contribution in [-0.2, 0) is 16.1 Å². The number of nitrogen functional groups attached to an aromatic ring is 1. The Balaban J connectivity index is 2.16. The van der Waals surface area contributed by atoms with Gasteiger partial charge in [0.05, 0.1) is 18.0 Å². The number of ether oxygens (including phenoxy) is 1. The van der Waals surface area contributed by atoms with Crippen molar-refractivity contribution < 1.29 is 9.53 Å². The van der Waals surface area contributed by atoms with Gasteiger partial charge in [0, 0.05) is 25.3 Å². The van der Waals surface area contributed by atoms with Gasteiger partial charge in [-0.25, -0.2) is 0 Å². The molecule has 2 rings (SSSR count). The van der Waals surface area contributed by atoms with Gasteiger partial charge in [0.25, 0.3) is 0 Å². The van der Waals surface area contributed by atoms with Gasteiger partial charge in [0.2, 0.25) is 0 Å². The van der Waals surface area contributed by atoms with Crippen LogP contribution in [0.2, 0.25) is 0 Å². The number of anilines is 2. The largest absolute Gasteiger partial charge is 0.397 e. The van der Waals surface area contributed by atoms with Crippen molar-refractivity contribution in [2.24, 2.45) is 5.41 Å². The molecule has 0 bridgehead atoms. The monoisotopic (exact) mass is 274 g/mol. The lowest BCUT2D eigenvalue weighted by atomic mass is 9.79. The van der Waals surface area contributed by atoms with E-state index in [0.29, 0.717) is 18.7 Å². The van der Waals surface area contributed by atoms with E-state index in [4.69, 9.17) is 10.5 Å². The molecule has 0 aliphatic heterocycles. The smallest absolute Gasteiger partial charge is 0.157 e. The normalized spacial score (nSPS) is 17.8. The van der Waals surface area contributed by atoms with Crippen molar-refractivity contribution in [1.82, 2.24) is 0 Å². The Labute approximate surface area is 120 Å². The van der Waals surface area contributed by atoms with Gasteiger partial charge in [-0.15, -0.1) is 0 Å². The zero-order valence-corrected chi connectivity index (χ0v) is 12.3. The van der Waals surface area contributed by atoms with Gasteiger partial charge in [-0.2, -0.15) is 0 Å². The highest BCUT2D eigenvalue weighted by atomic mass is 16.5. The first-order chi connectivity index (χ1) is 9.39. The van der Waals surface area contributed by atoms with E-state index in [2.05, 4.69) is 19.2 Å². The van der Waals surface area contributed by atoms with E-state index in [-0.39, 0.29) is 11.2 Å². The molecule has 108 valence electrons. The van der Waals surface area contributed by atoms with Crippen LogP contribution in [0.25, 0.3) is 0 Å². The molecule has 0 radical (unpaired) electrons. The summed E-state index contributed by atoms with van der Waals surface area (Å²) in [5.74, 6) is 0.165. The topological polar surface area (TPSA) is 64.3 Å². The van der Waals surface area contributed by atoms with Crippen LogP contribution in [-0.4, -0.2) is 12.9 Å². The Morgan fingerprint density at radius 1 is 1.35 bits per heavy atom. The van der Waals surface area contributed by atoms with Crippen molar-refractivity contribution >= 4 is 17.2 Å². The highest BCUT2D eigenvalue weighted by molar-refractivity contribution is 5.92. The Morgan fingerprint density at radius 2 is 2.10 bits per heavy atom. The lowest BCUT2D eigenvalue weighted by Crippen LogP contribution is -2.24. The molecule has 0 amide bonds. The van der Waals surface area contributed by atoms with Crippen molar-refractivity contribution in [3.05, 3.63) is 35.5 Å². The summed E-state index contributed by atoms with van der Waals surface area (Å²) in [6, 6.07) is 5.79. The maximum Gasteiger partial charge on any atom is 0.157 e. The van der Waals surface area contributed by atoms with E-state index >= 15 is 0 Å². The minimum atomic E-state index is -0.00107. The van der Waals surface area contributed by atoms with Gasteiger partial charge in [-0.1, -0.05) is 19.9 Å². The van der Waals surface area contributed by atoms with E-state index in [1.54, 1.807) is 13.2 Å². The van der Waals surface area contributed by atoms with Crippen molar-refractivity contribution in [2.45, 2.75) is 33.3 Å². The molecular weight excluding hydrogens is 252 g/mol. The highest BCUT2D eigenvalue weighted by Gasteiger charge is 2.27. The van der Waals surface area contributed by atoms with Crippen LogP contribution in [0.1, 0.15) is 32.3 Å². The lowest BCUT2D eigenvalue weighted by molar-refractivity contribution is -0.117. The van der Waals surface area contributed by atoms with E-state index in [1.807, 2.05) is 18.2 Å². The fraction of sp³-hybridized carbons (Fsp3) is 0.438. The first-order valence-corrected chi connectivity index (χ1v) is 6.77. The van der Waals surface area contributed by atoms with Crippen LogP contribution >= 0.6 is 0 Å². The van der Waals surface area contributed by atoms with Gasteiger partial charge in [-0.05, 0) is 29.5 Å². The maximum atomic E-state index is 11.7. The quantitative estimate of drug-likeness (QED) is 0.828. The van der Waals surface area contributed by atoms with Crippen molar-refractivity contribution in [1.29, 1.82) is 0 Å². The van der Waals surface area contributed by atoms with Crippen molar-refractivity contribution in [3.8, 4) is 0 Å². The molecule has 1 aliphatic rings. The second-order valence-electron chi connectivity index (χ2n) is 6.13. The second-order valence-corrected chi connectivity index (χ2v) is 6.13. The van der Waals surface area contributed by atoms with E-state index in [0.717, 1.165) is 23.4 Å². The van der Waals surface area contributed by atoms with E-state index in [1.165, 1.54) is 0 Å². The summed E-state index contributed by atoms with van der Waals surface area (Å²) in [6.45, 7) is 4.74. The minimum absolute atomic E-state index is 0.00107. The first-order valence-electron chi connectivity index (χ1n) is 6.77. The lowest BCUT2D eigenvalue weighted by Gasteiger charge is -2.29. The highest BCUT2D eigenvalue weighted by Crippen LogP contribution is 2.34. The summed E-state index contributed by atoms with van der Waals surface area (Å²) in [6.07, 6.45) is 3.13. The second kappa shape index (κ2) is 5.67. The van der Waals surface area contributed by atoms with Crippen molar-refractivity contribution in [3.63, 3.8) is 0 Å². The van der Waals surface area contributed by atoms with Gasteiger partial charge < -0.3 is 15.8 Å². The number of rotatable bonds is 4. The molecule has 0 fully saturated rings. The third kappa shape index (κ3) is 3.61. The molecule has 1 aliphatic carbocycles. The SMILES string of the molecule is COCc1ccc(NC2=CC(=O)CC(C)(C)C2)c(N)c1. The third-order valence-electron chi connectivity index (χ3n) is 3.38. The third-order valence-corrected chi connectivity index (χ3v) is 3.38. The number of hydrogen-bond acceptors (Lipinski definition) is 4. The number of ketones is 1. The van der Waals surface area contributed by atoms with Crippen LogP contribution in [0, 0.1) is 5.41 Å². The molecule has 3 N–H and O–H groups in total. The fourth-order valence-electron chi connectivity index (χ4n) is 2.58. The molecular formula is C16H22N2O2. The van der Waals surface area contributed by atoms with Crippen LogP contribution in [0.5, 0.6) is 0 Å². The summed E-state index contributed by atoms with van der Waals surface area (Å²) >= 11 is 0. The number of carbonyl (C=O) groups excluding carboxylic acids is 1. The molecule has 4 nitrogen and oxygen atoms in total. The number of carbonyl (C=O) groups is 1. The summed E-state index contributed by atoms with van der Waals surface area (Å²) < 4.78 is 5.08. The van der Waals surface area contributed by atoms with Crippen LogP contribution in [0.3, 0.4) is 0 Å². The summed E-state index contributed by atoms with van der Waals surface area (Å²) in [5, 5.41) is 3.28. The molecule has 0 atom stereocenters. The van der Waals surface area contributed by atoms with Gasteiger partial charge in [-0.3, -0.25) is 4.79 Å². The number of methoxy groups -OCH3 is 1. The Morgan fingerprint density at radius 3 is 2.70 bits per heavy atom. The molecule has 0 heterocycles. The molecule has 0 spiro atoms. The van der Waals surface area contributed by atoms with Crippen LogP contribution < -0.4 is 11.1 Å². The summed E-state index contributed by atoms with van der Waals surface area (Å²) in [4.78, 5) is 11.7. The molecule has 0 saturated heterocycles. The molecule has 4 heteroatoms. The predicted octanol–water partition coefficient (Wildman–Crippen LogP) is 3.10. The molecule has 0 unspecified atom stereocenters. The Hall–Kier alpha value is -1.81. The van der Waals surface area contributed by atoms with Gasteiger partial charge in [0.15, 0.2) is 5.78 Å². The van der Waals surface area contributed by atoms with Crippen LogP contribution in [0.15, 0.2) is 30.0 Å². The average molecular weight is 274 g/mol. The van der Waals surface area contributed by atoms with Crippen molar-refractivity contribution in [2.75, 3.05) is 18.2 Å². The first kappa shape index (κ1) is 14.6. The summed E-state index contributed by atoms with van der Waals surface area (Å²) in [5.41, 5.74) is 9.50. The zero-order valence-electron chi connectivity index (χ0n) is 12.3. The number of allylic oxidation sites excluding steroid dienone is 2. The van der Waals surface area contributed by atoms with Gasteiger partial charge in [0.1, 0.15) is 0 Å². The zero-order chi connectivity index (χ0) is 14.8. The fourth-order valence-corrected chi connectivity index (χ4v) is 2.58. The predicted molar refractivity (Wildman–Crippen MR) is 81.3 cm³/mol. The number of hydrogen-bond donors (Lipinski definition) is 2. The molecule has 1 aromatic carbocycles. The number of nitrogens with one attached hydrogen (secondary N) is 1. The Bertz CT molecular complexity index is 547. The molecule has 0 aromatic heterocycles. The Kier molecular flexibility index (Phi) is 4.14. The van der Waals surface area contributed by atoms with E-state index in [9.17, 15) is 4.79 Å². The molecule has 20 heavy (non-hydrogen) atoms. The maximum absolute atomic E-state index is 11.7. The van der Waals surface area contributed by atoms with Crippen LogP contribution in [0.4, 0.5) is 11.4 Å². The number of benzene rings is 1. The minimum Gasteiger partial charge on any atom is -0.397 e. The summed E-state index contributed by atoms with van der Waals surface area (Å²) in [7, 11) is 1.66. The molecule has 0 saturated carbocycles. The average Bonchev–Trinajstić information content (AvgIpc) is 2.30. The van der Waals surface area contributed by atoms with E-state index < -0.39 is 0 Å². The number of nitrogens with two attached hydrogens (primary N) is 1. The van der Waals surface area contributed by atoms with Gasteiger partial charge >= 0.3 is 0 Å².